The molecule has 1 fully saturated rings. The molecule has 0 aromatic heterocycles. The van der Waals surface area contributed by atoms with Gasteiger partial charge in [-0.05, 0) is 49.9 Å². The van der Waals surface area contributed by atoms with E-state index in [-0.39, 0.29) is 5.82 Å². The SMILES string of the molecule is CN(CCc1ccc(F)cc1)CC1CCC(=O)CC1. The fourth-order valence-electron chi connectivity index (χ4n) is 2.69. The second-order valence-corrected chi connectivity index (χ2v) is 5.62. The number of hydrogen-bond acceptors (Lipinski definition) is 2. The molecule has 1 aliphatic rings. The Kier molecular flexibility index (Phi) is 5.08. The van der Waals surface area contributed by atoms with E-state index in [4.69, 9.17) is 0 Å². The predicted octanol–water partition coefficient (Wildman–Crippen LogP) is 3.06. The lowest BCUT2D eigenvalue weighted by atomic mass is 9.88. The summed E-state index contributed by atoms with van der Waals surface area (Å²) in [6.07, 6.45) is 4.55. The lowest BCUT2D eigenvalue weighted by molar-refractivity contribution is -0.121. The van der Waals surface area contributed by atoms with Gasteiger partial charge in [-0.3, -0.25) is 4.79 Å². The Morgan fingerprint density at radius 2 is 1.84 bits per heavy atom. The number of nitrogens with zero attached hydrogens (tertiary/aromatic N) is 1. The maximum atomic E-state index is 12.8. The van der Waals surface area contributed by atoms with Crippen LogP contribution in [0.15, 0.2) is 24.3 Å². The van der Waals surface area contributed by atoms with Crippen molar-refractivity contribution in [3.63, 3.8) is 0 Å². The fraction of sp³-hybridized carbons (Fsp3) is 0.562. The van der Waals surface area contributed by atoms with Gasteiger partial charge in [-0.1, -0.05) is 12.1 Å². The Morgan fingerprint density at radius 3 is 2.47 bits per heavy atom. The molecule has 1 saturated carbocycles. The van der Waals surface area contributed by atoms with Crippen molar-refractivity contribution in [2.45, 2.75) is 32.1 Å². The maximum Gasteiger partial charge on any atom is 0.132 e. The number of carbonyl (C=O) groups excluding carboxylic acids is 1. The van der Waals surface area contributed by atoms with Gasteiger partial charge >= 0.3 is 0 Å². The lowest BCUT2D eigenvalue weighted by Gasteiger charge is -2.26. The number of rotatable bonds is 5. The number of likely N-dealkylation sites (N-methyl/N-ethyl adjacent to an activating group) is 1. The highest BCUT2D eigenvalue weighted by molar-refractivity contribution is 5.79. The van der Waals surface area contributed by atoms with Gasteiger partial charge in [0, 0.05) is 25.9 Å². The zero-order valence-corrected chi connectivity index (χ0v) is 11.6. The topological polar surface area (TPSA) is 20.3 Å². The molecule has 0 heterocycles. The highest BCUT2D eigenvalue weighted by atomic mass is 19.1. The van der Waals surface area contributed by atoms with Crippen LogP contribution in [-0.2, 0) is 11.2 Å². The standard InChI is InChI=1S/C16H22FNO/c1-18(12-14-4-8-16(19)9-5-14)11-10-13-2-6-15(17)7-3-13/h2-3,6-7,14H,4-5,8-12H2,1H3. The molecule has 0 atom stereocenters. The summed E-state index contributed by atoms with van der Waals surface area (Å²) in [5.74, 6) is 0.908. The highest BCUT2D eigenvalue weighted by Gasteiger charge is 2.19. The Morgan fingerprint density at radius 1 is 1.21 bits per heavy atom. The summed E-state index contributed by atoms with van der Waals surface area (Å²) in [4.78, 5) is 13.5. The molecule has 2 rings (SSSR count). The van der Waals surface area contributed by atoms with Gasteiger partial charge in [-0.25, -0.2) is 4.39 Å². The van der Waals surface area contributed by atoms with Gasteiger partial charge in [0.1, 0.15) is 11.6 Å². The molecule has 1 aromatic rings. The number of Topliss-reactive ketones (excluding diaryl/α,β-unsaturated/α-hetero) is 1. The molecule has 0 N–H and O–H groups in total. The van der Waals surface area contributed by atoms with Crippen LogP contribution in [0.2, 0.25) is 0 Å². The molecule has 3 heteroatoms. The Labute approximate surface area is 114 Å². The first-order valence-corrected chi connectivity index (χ1v) is 7.08. The normalized spacial score (nSPS) is 17.1. The second-order valence-electron chi connectivity index (χ2n) is 5.62. The van der Waals surface area contributed by atoms with E-state index in [1.165, 1.54) is 17.7 Å². The van der Waals surface area contributed by atoms with Crippen molar-refractivity contribution in [1.82, 2.24) is 4.90 Å². The van der Waals surface area contributed by atoms with Gasteiger partial charge in [0.2, 0.25) is 0 Å². The van der Waals surface area contributed by atoms with Crippen LogP contribution in [0.3, 0.4) is 0 Å². The minimum absolute atomic E-state index is 0.177. The third-order valence-electron chi connectivity index (χ3n) is 3.93. The quantitative estimate of drug-likeness (QED) is 0.813. The maximum absolute atomic E-state index is 12.8. The van der Waals surface area contributed by atoms with Crippen molar-refractivity contribution in [2.75, 3.05) is 20.1 Å². The predicted molar refractivity (Wildman–Crippen MR) is 74.6 cm³/mol. The van der Waals surface area contributed by atoms with E-state index in [0.29, 0.717) is 11.7 Å². The third kappa shape index (κ3) is 4.75. The summed E-state index contributed by atoms with van der Waals surface area (Å²) in [6, 6.07) is 6.73. The van der Waals surface area contributed by atoms with Crippen LogP contribution >= 0.6 is 0 Å². The van der Waals surface area contributed by atoms with Crippen molar-refractivity contribution in [3.05, 3.63) is 35.6 Å². The number of hydrogen-bond donors (Lipinski definition) is 0. The van der Waals surface area contributed by atoms with Crippen LogP contribution in [0.5, 0.6) is 0 Å². The summed E-state index contributed by atoms with van der Waals surface area (Å²) < 4.78 is 12.8. The van der Waals surface area contributed by atoms with Crippen LogP contribution in [0, 0.1) is 11.7 Å². The third-order valence-corrected chi connectivity index (χ3v) is 3.93. The van der Waals surface area contributed by atoms with Crippen LogP contribution in [0.1, 0.15) is 31.2 Å². The van der Waals surface area contributed by atoms with Gasteiger partial charge < -0.3 is 4.90 Å². The van der Waals surface area contributed by atoms with E-state index in [1.807, 2.05) is 12.1 Å². The molecule has 0 aliphatic heterocycles. The summed E-state index contributed by atoms with van der Waals surface area (Å²) in [7, 11) is 2.12. The van der Waals surface area contributed by atoms with Crippen molar-refractivity contribution in [3.8, 4) is 0 Å². The number of halogens is 1. The van der Waals surface area contributed by atoms with Gasteiger partial charge in [-0.2, -0.15) is 0 Å². The van der Waals surface area contributed by atoms with Crippen LogP contribution in [0.4, 0.5) is 4.39 Å². The van der Waals surface area contributed by atoms with E-state index >= 15 is 0 Å². The van der Waals surface area contributed by atoms with E-state index in [9.17, 15) is 9.18 Å². The minimum Gasteiger partial charge on any atom is -0.306 e. The molecule has 2 nitrogen and oxygen atoms in total. The molecule has 104 valence electrons. The first-order chi connectivity index (χ1) is 9.13. The summed E-state index contributed by atoms with van der Waals surface area (Å²) in [5, 5.41) is 0. The second kappa shape index (κ2) is 6.80. The first-order valence-electron chi connectivity index (χ1n) is 7.08. The van der Waals surface area contributed by atoms with Crippen LogP contribution in [0.25, 0.3) is 0 Å². The van der Waals surface area contributed by atoms with Gasteiger partial charge in [0.25, 0.3) is 0 Å². The molecule has 19 heavy (non-hydrogen) atoms. The molecule has 1 aromatic carbocycles. The molecule has 0 radical (unpaired) electrons. The molecule has 0 bridgehead atoms. The van der Waals surface area contributed by atoms with Crippen LogP contribution in [-0.4, -0.2) is 30.8 Å². The molecular weight excluding hydrogens is 241 g/mol. The molecule has 0 unspecified atom stereocenters. The Balaban J connectivity index is 1.71. The highest BCUT2D eigenvalue weighted by Crippen LogP contribution is 2.22. The number of ketones is 1. The van der Waals surface area contributed by atoms with Gasteiger partial charge in [-0.15, -0.1) is 0 Å². The largest absolute Gasteiger partial charge is 0.306 e. The van der Waals surface area contributed by atoms with Gasteiger partial charge in [0.15, 0.2) is 0 Å². The Hall–Kier alpha value is -1.22. The Bertz CT molecular complexity index is 405. The lowest BCUT2D eigenvalue weighted by Crippen LogP contribution is -2.30. The van der Waals surface area contributed by atoms with Crippen molar-refractivity contribution < 1.29 is 9.18 Å². The number of benzene rings is 1. The summed E-state index contributed by atoms with van der Waals surface area (Å²) >= 11 is 0. The summed E-state index contributed by atoms with van der Waals surface area (Å²) in [6.45, 7) is 2.05. The van der Waals surface area contributed by atoms with E-state index in [1.54, 1.807) is 0 Å². The zero-order valence-electron chi connectivity index (χ0n) is 11.6. The monoisotopic (exact) mass is 263 g/mol. The van der Waals surface area contributed by atoms with Crippen molar-refractivity contribution in [2.24, 2.45) is 5.92 Å². The van der Waals surface area contributed by atoms with Gasteiger partial charge in [0.05, 0.1) is 0 Å². The van der Waals surface area contributed by atoms with Crippen molar-refractivity contribution >= 4 is 5.78 Å². The first kappa shape index (κ1) is 14.2. The minimum atomic E-state index is -0.177. The van der Waals surface area contributed by atoms with Crippen LogP contribution < -0.4 is 0 Å². The molecular formula is C16H22FNO. The molecule has 0 spiro atoms. The average molecular weight is 263 g/mol. The smallest absolute Gasteiger partial charge is 0.132 e. The summed E-state index contributed by atoms with van der Waals surface area (Å²) in [5.41, 5.74) is 1.17. The van der Waals surface area contributed by atoms with E-state index < -0.39 is 0 Å². The average Bonchev–Trinajstić information content (AvgIpc) is 2.41. The molecule has 0 saturated heterocycles. The van der Waals surface area contributed by atoms with E-state index in [2.05, 4.69) is 11.9 Å². The fourth-order valence-corrected chi connectivity index (χ4v) is 2.69. The number of carbonyl (C=O) groups is 1. The van der Waals surface area contributed by atoms with Crippen molar-refractivity contribution in [1.29, 1.82) is 0 Å². The zero-order chi connectivity index (χ0) is 13.7. The molecule has 1 aliphatic carbocycles. The molecule has 0 amide bonds. The van der Waals surface area contributed by atoms with E-state index in [0.717, 1.165) is 45.2 Å².